The first kappa shape index (κ1) is 15.0. The normalized spacial score (nSPS) is 11.1. The molecule has 0 atom stereocenters. The van der Waals surface area contributed by atoms with E-state index in [2.05, 4.69) is 63.1 Å². The summed E-state index contributed by atoms with van der Waals surface area (Å²) in [5.41, 5.74) is 4.86. The average molecular weight is 311 g/mol. The Balaban J connectivity index is 2.16. The molecule has 0 aliphatic heterocycles. The lowest BCUT2D eigenvalue weighted by molar-refractivity contribution is 0.967. The second-order valence-electron chi connectivity index (χ2n) is 5.81. The molecule has 2 heterocycles. The van der Waals surface area contributed by atoms with Gasteiger partial charge in [-0.05, 0) is 56.5 Å². The highest BCUT2D eigenvalue weighted by Gasteiger charge is 2.14. The molecular weight excluding hydrogens is 290 g/mol. The van der Waals surface area contributed by atoms with Crippen LogP contribution >= 0.6 is 11.3 Å². The summed E-state index contributed by atoms with van der Waals surface area (Å²) >= 11 is 1.75. The molecule has 3 aromatic rings. The van der Waals surface area contributed by atoms with Crippen molar-refractivity contribution in [3.63, 3.8) is 0 Å². The lowest BCUT2D eigenvalue weighted by Gasteiger charge is -2.11. The predicted octanol–water partition coefficient (Wildman–Crippen LogP) is 5.23. The Hall–Kier alpha value is -1.94. The Morgan fingerprint density at radius 3 is 2.32 bits per heavy atom. The molecule has 114 valence electrons. The molecule has 0 aliphatic carbocycles. The smallest absolute Gasteiger partial charge is 0.143 e. The van der Waals surface area contributed by atoms with Gasteiger partial charge in [-0.2, -0.15) is 0 Å². The molecule has 0 radical (unpaired) electrons. The topological polar surface area (TPSA) is 37.8 Å². The zero-order chi connectivity index (χ0) is 15.9. The monoisotopic (exact) mass is 311 g/mol. The van der Waals surface area contributed by atoms with Crippen molar-refractivity contribution < 1.29 is 0 Å². The van der Waals surface area contributed by atoms with Gasteiger partial charge in [-0.1, -0.05) is 13.0 Å². The summed E-state index contributed by atoms with van der Waals surface area (Å²) in [6.07, 6.45) is 0.841. The van der Waals surface area contributed by atoms with E-state index in [0.29, 0.717) is 0 Å². The number of rotatable bonds is 3. The lowest BCUT2D eigenvalue weighted by atomic mass is 10.1. The van der Waals surface area contributed by atoms with E-state index in [-0.39, 0.29) is 0 Å². The molecule has 0 aliphatic rings. The molecule has 0 saturated carbocycles. The first-order valence-electron chi connectivity index (χ1n) is 7.60. The Morgan fingerprint density at radius 1 is 1.00 bits per heavy atom. The van der Waals surface area contributed by atoms with Crippen molar-refractivity contribution in [2.75, 3.05) is 5.32 Å². The summed E-state index contributed by atoms with van der Waals surface area (Å²) in [4.78, 5) is 11.8. The van der Waals surface area contributed by atoms with E-state index < -0.39 is 0 Å². The molecular formula is C18H21N3S. The number of nitrogens with one attached hydrogen (secondary N) is 1. The number of fused-ring (bicyclic) bond motifs is 1. The van der Waals surface area contributed by atoms with Crippen molar-refractivity contribution in [1.82, 2.24) is 9.97 Å². The maximum atomic E-state index is 4.73. The molecule has 0 saturated heterocycles. The van der Waals surface area contributed by atoms with Crippen LogP contribution in [0.1, 0.15) is 34.3 Å². The molecule has 0 fully saturated rings. The summed E-state index contributed by atoms with van der Waals surface area (Å²) in [6.45, 7) is 10.6. The fourth-order valence-electron chi connectivity index (χ4n) is 2.73. The van der Waals surface area contributed by atoms with Crippen LogP contribution in [0.4, 0.5) is 11.5 Å². The SMILES string of the molecule is CCc1nc(Nc2cc(C)cc(C)c2)c2c(C)c(C)sc2n1. The van der Waals surface area contributed by atoms with Crippen LogP contribution in [-0.2, 0) is 6.42 Å². The van der Waals surface area contributed by atoms with Crippen molar-refractivity contribution in [1.29, 1.82) is 0 Å². The van der Waals surface area contributed by atoms with Crippen LogP contribution in [0.15, 0.2) is 18.2 Å². The van der Waals surface area contributed by atoms with Gasteiger partial charge in [0.25, 0.3) is 0 Å². The number of aromatic nitrogens is 2. The van der Waals surface area contributed by atoms with Crippen LogP contribution in [0.3, 0.4) is 0 Å². The maximum Gasteiger partial charge on any atom is 0.143 e. The number of nitrogens with zero attached hydrogens (tertiary/aromatic N) is 2. The van der Waals surface area contributed by atoms with E-state index >= 15 is 0 Å². The van der Waals surface area contributed by atoms with Crippen LogP contribution in [0, 0.1) is 27.7 Å². The van der Waals surface area contributed by atoms with E-state index in [0.717, 1.165) is 34.0 Å². The molecule has 0 unspecified atom stereocenters. The molecule has 0 amide bonds. The number of hydrogen-bond donors (Lipinski definition) is 1. The third kappa shape index (κ3) is 2.71. The van der Waals surface area contributed by atoms with Gasteiger partial charge < -0.3 is 5.32 Å². The molecule has 0 spiro atoms. The quantitative estimate of drug-likeness (QED) is 0.719. The van der Waals surface area contributed by atoms with E-state index in [4.69, 9.17) is 4.98 Å². The van der Waals surface area contributed by atoms with Crippen molar-refractivity contribution in [3.05, 3.63) is 45.6 Å². The fourth-order valence-corrected chi connectivity index (χ4v) is 3.77. The van der Waals surface area contributed by atoms with E-state index in [9.17, 15) is 0 Å². The van der Waals surface area contributed by atoms with Crippen LogP contribution in [-0.4, -0.2) is 9.97 Å². The largest absolute Gasteiger partial charge is 0.340 e. The molecule has 3 rings (SSSR count). The van der Waals surface area contributed by atoms with Gasteiger partial charge in [0.1, 0.15) is 16.5 Å². The summed E-state index contributed by atoms with van der Waals surface area (Å²) in [6, 6.07) is 6.49. The third-order valence-electron chi connectivity index (χ3n) is 3.88. The molecule has 3 nitrogen and oxygen atoms in total. The number of aryl methyl sites for hydroxylation is 5. The Kier molecular flexibility index (Phi) is 3.87. The molecule has 4 heteroatoms. The molecule has 1 N–H and O–H groups in total. The number of hydrogen-bond acceptors (Lipinski definition) is 4. The van der Waals surface area contributed by atoms with Gasteiger partial charge in [0.15, 0.2) is 0 Å². The van der Waals surface area contributed by atoms with E-state index in [1.165, 1.54) is 21.6 Å². The number of thiophene rings is 1. The van der Waals surface area contributed by atoms with Gasteiger partial charge in [0, 0.05) is 17.0 Å². The predicted molar refractivity (Wildman–Crippen MR) is 95.5 cm³/mol. The second kappa shape index (κ2) is 5.69. The molecule has 1 aromatic carbocycles. The van der Waals surface area contributed by atoms with Gasteiger partial charge in [0.05, 0.1) is 5.39 Å². The molecule has 0 bridgehead atoms. The van der Waals surface area contributed by atoms with E-state index in [1.54, 1.807) is 11.3 Å². The number of anilines is 2. The van der Waals surface area contributed by atoms with Gasteiger partial charge in [-0.25, -0.2) is 9.97 Å². The first-order chi connectivity index (χ1) is 10.5. The standard InChI is InChI=1S/C18H21N3S/c1-6-15-20-17(16-12(4)13(5)22-18(16)21-15)19-14-8-10(2)7-11(3)9-14/h7-9H,6H2,1-5H3,(H,19,20,21). The highest BCUT2D eigenvalue weighted by Crippen LogP contribution is 2.34. The minimum atomic E-state index is 0.841. The zero-order valence-electron chi connectivity index (χ0n) is 13.7. The molecule has 22 heavy (non-hydrogen) atoms. The van der Waals surface area contributed by atoms with Crippen LogP contribution in [0.25, 0.3) is 10.2 Å². The summed E-state index contributed by atoms with van der Waals surface area (Å²) < 4.78 is 0. The average Bonchev–Trinajstić information content (AvgIpc) is 2.73. The van der Waals surface area contributed by atoms with Gasteiger partial charge >= 0.3 is 0 Å². The minimum absolute atomic E-state index is 0.841. The van der Waals surface area contributed by atoms with Crippen LogP contribution in [0.2, 0.25) is 0 Å². The second-order valence-corrected chi connectivity index (χ2v) is 7.01. The van der Waals surface area contributed by atoms with Crippen molar-refractivity contribution in [2.45, 2.75) is 41.0 Å². The summed E-state index contributed by atoms with van der Waals surface area (Å²) in [5.74, 6) is 1.81. The molecule has 2 aromatic heterocycles. The van der Waals surface area contributed by atoms with Crippen molar-refractivity contribution >= 4 is 33.1 Å². The van der Waals surface area contributed by atoms with Crippen molar-refractivity contribution in [3.8, 4) is 0 Å². The highest BCUT2D eigenvalue weighted by atomic mass is 32.1. The van der Waals surface area contributed by atoms with Gasteiger partial charge in [-0.15, -0.1) is 11.3 Å². The summed E-state index contributed by atoms with van der Waals surface area (Å²) in [7, 11) is 0. The third-order valence-corrected chi connectivity index (χ3v) is 4.98. The maximum absolute atomic E-state index is 4.73. The Labute approximate surface area is 135 Å². The zero-order valence-corrected chi connectivity index (χ0v) is 14.6. The highest BCUT2D eigenvalue weighted by molar-refractivity contribution is 7.18. The Morgan fingerprint density at radius 2 is 1.68 bits per heavy atom. The number of benzene rings is 1. The minimum Gasteiger partial charge on any atom is -0.340 e. The Bertz CT molecular complexity index is 829. The van der Waals surface area contributed by atoms with E-state index in [1.807, 2.05) is 0 Å². The van der Waals surface area contributed by atoms with Crippen molar-refractivity contribution in [2.24, 2.45) is 0 Å². The van der Waals surface area contributed by atoms with Crippen LogP contribution < -0.4 is 5.32 Å². The first-order valence-corrected chi connectivity index (χ1v) is 8.41. The van der Waals surface area contributed by atoms with Gasteiger partial charge in [0.2, 0.25) is 0 Å². The van der Waals surface area contributed by atoms with Crippen LogP contribution in [0.5, 0.6) is 0 Å². The van der Waals surface area contributed by atoms with Gasteiger partial charge in [-0.3, -0.25) is 0 Å². The summed E-state index contributed by atoms with van der Waals surface area (Å²) in [5, 5.41) is 4.66. The fraction of sp³-hybridized carbons (Fsp3) is 0.333. The lowest BCUT2D eigenvalue weighted by Crippen LogP contribution is -2.01.